The van der Waals surface area contributed by atoms with Gasteiger partial charge in [-0.15, -0.1) is 0 Å². The molecular weight excluding hydrogens is 582 g/mol. The van der Waals surface area contributed by atoms with Crippen molar-refractivity contribution in [2.24, 2.45) is 17.6 Å². The first-order chi connectivity index (χ1) is 20.1. The molecule has 2 aromatic rings. The zero-order chi connectivity index (χ0) is 31.7. The van der Waals surface area contributed by atoms with Crippen LogP contribution in [0.3, 0.4) is 0 Å². The molecule has 3 aliphatic rings. The fraction of sp³-hybridized carbons (Fsp3) is 0.379. The molecule has 4 atom stereocenters. The summed E-state index contributed by atoms with van der Waals surface area (Å²) in [5.74, 6) is -8.24. The molecule has 7 N–H and O–H groups in total. The van der Waals surface area contributed by atoms with Crippen LogP contribution in [0.1, 0.15) is 22.3 Å². The Hall–Kier alpha value is -4.33. The van der Waals surface area contributed by atoms with Crippen molar-refractivity contribution in [3.63, 3.8) is 0 Å². The van der Waals surface area contributed by atoms with E-state index in [-0.39, 0.29) is 41.2 Å². The van der Waals surface area contributed by atoms with E-state index in [0.29, 0.717) is 11.3 Å². The molecular formula is C29H32ClN5O8. The molecule has 1 heterocycles. The maximum atomic E-state index is 14.1. The minimum atomic E-state index is -2.76. The van der Waals surface area contributed by atoms with E-state index in [1.807, 2.05) is 0 Å². The standard InChI is InChI=1S/C29H32ClN5O8/c1-33(2)21-13-9-12-10-14-22(34(3)4)25(39)18(28(31)42)27(41)29(14,43)26(40)16(12)23(37)17(13)24(38)20(19(21)30)32-15(36)11-35-7-5-6-8-35/h5-8,12,14,22,38-40,43H,9-11H2,1-4H3,(H2,31,42)(H,32,36)/t12?,14?,22-,29-/m0/s1. The maximum absolute atomic E-state index is 14.1. The molecule has 14 heteroatoms. The number of anilines is 2. The zero-order valence-corrected chi connectivity index (χ0v) is 24.6. The number of aromatic nitrogens is 1. The summed E-state index contributed by atoms with van der Waals surface area (Å²) in [6.07, 6.45) is 3.33. The topological polar surface area (TPSA) is 199 Å². The molecule has 5 rings (SSSR count). The van der Waals surface area contributed by atoms with Crippen LogP contribution in [0.4, 0.5) is 11.4 Å². The fourth-order valence-electron chi connectivity index (χ4n) is 6.73. The van der Waals surface area contributed by atoms with E-state index in [2.05, 4.69) is 5.32 Å². The Morgan fingerprint density at radius 2 is 1.77 bits per heavy atom. The van der Waals surface area contributed by atoms with Crippen molar-refractivity contribution in [3.05, 3.63) is 63.3 Å². The van der Waals surface area contributed by atoms with Gasteiger partial charge in [-0.05, 0) is 50.6 Å². The predicted octanol–water partition coefficient (Wildman–Crippen LogP) is 1.28. The first kappa shape index (κ1) is 30.1. The number of phenols is 1. The summed E-state index contributed by atoms with van der Waals surface area (Å²) in [6.45, 7) is -0.106. The number of nitrogens with two attached hydrogens (primary N) is 1. The second-order valence-electron chi connectivity index (χ2n) is 11.5. The van der Waals surface area contributed by atoms with Gasteiger partial charge in [0.15, 0.2) is 17.1 Å². The summed E-state index contributed by atoms with van der Waals surface area (Å²) in [7, 11) is 6.46. The van der Waals surface area contributed by atoms with Crippen LogP contribution in [0, 0.1) is 11.8 Å². The van der Waals surface area contributed by atoms with E-state index in [0.717, 1.165) is 0 Å². The maximum Gasteiger partial charge on any atom is 0.255 e. The smallest absolute Gasteiger partial charge is 0.255 e. The molecule has 1 aromatic carbocycles. The number of Topliss-reactive ketones (excluding diaryl/α,β-unsaturated/α-hetero) is 2. The summed E-state index contributed by atoms with van der Waals surface area (Å²) in [6, 6.07) is 2.37. The van der Waals surface area contributed by atoms with Crippen LogP contribution in [-0.2, 0) is 27.3 Å². The number of ketones is 2. The van der Waals surface area contributed by atoms with Crippen LogP contribution in [0.5, 0.6) is 5.75 Å². The second kappa shape index (κ2) is 10.4. The third-order valence-electron chi connectivity index (χ3n) is 8.51. The molecule has 0 saturated carbocycles. The molecule has 0 aliphatic heterocycles. The van der Waals surface area contributed by atoms with Gasteiger partial charge in [-0.1, -0.05) is 11.6 Å². The minimum Gasteiger partial charge on any atom is -0.510 e. The summed E-state index contributed by atoms with van der Waals surface area (Å²) < 4.78 is 1.60. The lowest BCUT2D eigenvalue weighted by atomic mass is 9.58. The van der Waals surface area contributed by atoms with Crippen molar-refractivity contribution in [2.75, 3.05) is 38.4 Å². The highest BCUT2D eigenvalue weighted by atomic mass is 35.5. The Balaban J connectivity index is 1.68. The number of nitrogens with zero attached hydrogens (tertiary/aromatic N) is 3. The Morgan fingerprint density at radius 3 is 2.33 bits per heavy atom. The molecule has 43 heavy (non-hydrogen) atoms. The zero-order valence-electron chi connectivity index (χ0n) is 23.9. The molecule has 0 bridgehead atoms. The quantitative estimate of drug-likeness (QED) is 0.204. The largest absolute Gasteiger partial charge is 0.510 e. The highest BCUT2D eigenvalue weighted by molar-refractivity contribution is 6.38. The second-order valence-corrected chi connectivity index (χ2v) is 11.9. The van der Waals surface area contributed by atoms with Crippen LogP contribution in [0.15, 0.2) is 47.2 Å². The number of hydrogen-bond acceptors (Lipinski definition) is 10. The van der Waals surface area contributed by atoms with E-state index in [4.69, 9.17) is 17.3 Å². The van der Waals surface area contributed by atoms with Crippen LogP contribution in [-0.4, -0.2) is 93.1 Å². The van der Waals surface area contributed by atoms with Crippen molar-refractivity contribution in [3.8, 4) is 5.75 Å². The number of rotatable bonds is 6. The third kappa shape index (κ3) is 4.37. The van der Waals surface area contributed by atoms with Crippen molar-refractivity contribution in [1.29, 1.82) is 0 Å². The van der Waals surface area contributed by atoms with Gasteiger partial charge in [0.25, 0.3) is 5.91 Å². The highest BCUT2D eigenvalue weighted by Gasteiger charge is 2.63. The monoisotopic (exact) mass is 613 g/mol. The number of likely N-dealkylation sites (N-methyl/N-ethyl adjacent to an activating group) is 1. The summed E-state index contributed by atoms with van der Waals surface area (Å²) in [5.41, 5.74) is 1.64. The number of amides is 2. The molecule has 0 spiro atoms. The van der Waals surface area contributed by atoms with Crippen LogP contribution >= 0.6 is 11.6 Å². The molecule has 1 aromatic heterocycles. The lowest BCUT2D eigenvalue weighted by Gasteiger charge is -2.50. The van der Waals surface area contributed by atoms with E-state index in [1.54, 1.807) is 62.2 Å². The van der Waals surface area contributed by atoms with Gasteiger partial charge in [0.1, 0.15) is 29.3 Å². The molecule has 0 fully saturated rings. The van der Waals surface area contributed by atoms with E-state index >= 15 is 0 Å². The Bertz CT molecular complexity index is 1640. The average molecular weight is 614 g/mol. The molecule has 2 amide bonds. The fourth-order valence-corrected chi connectivity index (χ4v) is 7.15. The number of carbonyl (C=O) groups excluding carboxylic acids is 4. The average Bonchev–Trinajstić information content (AvgIpc) is 3.41. The van der Waals surface area contributed by atoms with Gasteiger partial charge in [-0.2, -0.15) is 0 Å². The van der Waals surface area contributed by atoms with Gasteiger partial charge in [-0.25, -0.2) is 0 Å². The molecule has 0 saturated heterocycles. The Morgan fingerprint density at radius 1 is 1.14 bits per heavy atom. The van der Waals surface area contributed by atoms with Gasteiger partial charge in [0.2, 0.25) is 11.7 Å². The van der Waals surface area contributed by atoms with Gasteiger partial charge < -0.3 is 40.9 Å². The number of fused-ring (bicyclic) bond motifs is 3. The third-order valence-corrected chi connectivity index (χ3v) is 8.88. The lowest BCUT2D eigenvalue weighted by Crippen LogP contribution is -2.63. The van der Waals surface area contributed by atoms with Crippen LogP contribution in [0.25, 0.3) is 0 Å². The number of hydrogen-bond donors (Lipinski definition) is 6. The number of phenolic OH excluding ortho intramolecular Hbond substituents is 1. The minimum absolute atomic E-state index is 0.00966. The van der Waals surface area contributed by atoms with E-state index in [1.165, 1.54) is 4.90 Å². The first-order valence-electron chi connectivity index (χ1n) is 13.4. The van der Waals surface area contributed by atoms with Crippen molar-refractivity contribution in [2.45, 2.75) is 31.0 Å². The number of carbonyl (C=O) groups is 4. The van der Waals surface area contributed by atoms with E-state index in [9.17, 15) is 39.6 Å². The Kier molecular flexibility index (Phi) is 7.31. The molecule has 13 nitrogen and oxygen atoms in total. The van der Waals surface area contributed by atoms with Crippen LogP contribution in [0.2, 0.25) is 5.02 Å². The number of aromatic hydroxyl groups is 1. The van der Waals surface area contributed by atoms with Gasteiger partial charge in [0, 0.05) is 38.0 Å². The summed E-state index contributed by atoms with van der Waals surface area (Å²) in [4.78, 5) is 55.8. The SMILES string of the molecule is CN(C)c1c(Cl)c(NC(=O)Cn2cccc2)c(O)c2c1CC1CC3[C@H](N(C)C)C(O)=C(C(N)=O)C(=O)[C@@]3(O)C(O)=C1C2=O. The Labute approximate surface area is 251 Å². The van der Waals surface area contributed by atoms with Crippen LogP contribution < -0.4 is 16.0 Å². The van der Waals surface area contributed by atoms with Crippen molar-refractivity contribution in [1.82, 2.24) is 9.47 Å². The number of aliphatic hydroxyl groups excluding tert-OH is 2. The number of aliphatic hydroxyl groups is 3. The first-order valence-corrected chi connectivity index (χ1v) is 13.8. The van der Waals surface area contributed by atoms with Gasteiger partial charge >= 0.3 is 0 Å². The van der Waals surface area contributed by atoms with Crippen molar-refractivity contribution < 1.29 is 39.6 Å². The molecule has 228 valence electrons. The van der Waals surface area contributed by atoms with Crippen molar-refractivity contribution >= 4 is 46.4 Å². The predicted molar refractivity (Wildman–Crippen MR) is 156 cm³/mol. The normalized spacial score (nSPS) is 25.0. The van der Waals surface area contributed by atoms with Gasteiger partial charge in [-0.3, -0.25) is 24.1 Å². The lowest BCUT2D eigenvalue weighted by molar-refractivity contribution is -0.148. The number of halogens is 1. The number of nitrogens with one attached hydrogen (secondary N) is 1. The highest BCUT2D eigenvalue weighted by Crippen LogP contribution is 2.55. The van der Waals surface area contributed by atoms with Gasteiger partial charge in [0.05, 0.1) is 22.3 Å². The number of allylic oxidation sites excluding steroid dienone is 1. The molecule has 3 aliphatic carbocycles. The molecule has 0 radical (unpaired) electrons. The summed E-state index contributed by atoms with van der Waals surface area (Å²) in [5, 5.41) is 48.2. The summed E-state index contributed by atoms with van der Waals surface area (Å²) >= 11 is 6.73. The number of primary amides is 1. The number of benzene rings is 1. The van der Waals surface area contributed by atoms with E-state index < -0.39 is 69.7 Å². The molecule has 2 unspecified atom stereocenters.